The molecule has 0 aliphatic heterocycles. The second-order valence-electron chi connectivity index (χ2n) is 6.61. The van der Waals surface area contributed by atoms with Gasteiger partial charge >= 0.3 is 0 Å². The molecule has 0 spiro atoms. The minimum absolute atomic E-state index is 0.0893. The Morgan fingerprint density at radius 3 is 2.34 bits per heavy atom. The maximum absolute atomic E-state index is 12.3. The van der Waals surface area contributed by atoms with Gasteiger partial charge in [-0.2, -0.15) is 0 Å². The second-order valence-corrected chi connectivity index (χ2v) is 9.19. The van der Waals surface area contributed by atoms with Gasteiger partial charge in [0.1, 0.15) is 0 Å². The molecule has 0 bridgehead atoms. The fraction of sp³-hybridized carbons (Fsp3) is 0.143. The summed E-state index contributed by atoms with van der Waals surface area (Å²) in [6.45, 7) is 4.26. The first-order valence-corrected chi connectivity index (χ1v) is 11.3. The molecule has 0 unspecified atom stereocenters. The van der Waals surface area contributed by atoms with Crippen LogP contribution in [0.5, 0.6) is 0 Å². The lowest BCUT2D eigenvalue weighted by Crippen LogP contribution is -2.13. The molecule has 0 radical (unpaired) electrons. The van der Waals surface area contributed by atoms with E-state index in [9.17, 15) is 13.2 Å². The predicted octanol–water partition coefficient (Wildman–Crippen LogP) is 4.72. The van der Waals surface area contributed by atoms with Crippen LogP contribution in [0.1, 0.15) is 30.9 Å². The maximum Gasteiger partial charge on any atom is 0.263 e. The van der Waals surface area contributed by atoms with Crippen LogP contribution >= 0.6 is 11.3 Å². The van der Waals surface area contributed by atoms with Crippen molar-refractivity contribution in [3.63, 3.8) is 0 Å². The summed E-state index contributed by atoms with van der Waals surface area (Å²) in [4.78, 5) is 16.1. The summed E-state index contributed by atoms with van der Waals surface area (Å²) in [5.41, 5.74) is 2.67. The van der Waals surface area contributed by atoms with Crippen molar-refractivity contribution in [2.45, 2.75) is 24.7 Å². The lowest BCUT2D eigenvalue weighted by atomic mass is 10.0. The normalized spacial score (nSPS) is 11.7. The summed E-state index contributed by atoms with van der Waals surface area (Å²) < 4.78 is 27.0. The summed E-state index contributed by atoms with van der Waals surface area (Å²) in [6, 6.07) is 14.0. The Morgan fingerprint density at radius 2 is 1.76 bits per heavy atom. The van der Waals surface area contributed by atoms with E-state index in [4.69, 9.17) is 0 Å². The fourth-order valence-corrected chi connectivity index (χ4v) is 4.30. The van der Waals surface area contributed by atoms with Crippen molar-refractivity contribution in [3.8, 4) is 0 Å². The summed E-state index contributed by atoms with van der Waals surface area (Å²) in [7, 11) is -3.71. The van der Waals surface area contributed by atoms with Gasteiger partial charge in [0, 0.05) is 23.3 Å². The van der Waals surface area contributed by atoms with Gasteiger partial charge in [0.2, 0.25) is 5.91 Å². The van der Waals surface area contributed by atoms with Gasteiger partial charge in [-0.25, -0.2) is 13.4 Å². The number of carbonyl (C=O) groups excluding carboxylic acids is 1. The van der Waals surface area contributed by atoms with E-state index >= 15 is 0 Å². The summed E-state index contributed by atoms with van der Waals surface area (Å²) in [5.74, 6) is 0.161. The van der Waals surface area contributed by atoms with Gasteiger partial charge in [0.05, 0.1) is 4.90 Å². The molecule has 0 saturated carbocycles. The topological polar surface area (TPSA) is 88.2 Å². The molecule has 6 nitrogen and oxygen atoms in total. The third-order valence-corrected chi connectivity index (χ3v) is 6.29. The summed E-state index contributed by atoms with van der Waals surface area (Å²) in [6.07, 6.45) is 4.70. The van der Waals surface area contributed by atoms with E-state index in [0.717, 1.165) is 5.56 Å². The van der Waals surface area contributed by atoms with Crippen molar-refractivity contribution in [2.24, 2.45) is 0 Å². The van der Waals surface area contributed by atoms with E-state index < -0.39 is 10.0 Å². The molecular formula is C21H21N3O3S2. The molecular weight excluding hydrogens is 406 g/mol. The fourth-order valence-electron chi connectivity index (χ4n) is 2.51. The average molecular weight is 428 g/mol. The maximum atomic E-state index is 12.3. The van der Waals surface area contributed by atoms with Crippen LogP contribution in [-0.2, 0) is 14.8 Å². The predicted molar refractivity (Wildman–Crippen MR) is 118 cm³/mol. The number of hydrogen-bond acceptors (Lipinski definition) is 5. The van der Waals surface area contributed by atoms with E-state index in [0.29, 0.717) is 16.7 Å². The largest absolute Gasteiger partial charge is 0.323 e. The minimum atomic E-state index is -3.71. The van der Waals surface area contributed by atoms with Crippen molar-refractivity contribution < 1.29 is 13.2 Å². The van der Waals surface area contributed by atoms with E-state index in [1.807, 2.05) is 24.3 Å². The molecule has 3 aromatic rings. The van der Waals surface area contributed by atoms with Crippen molar-refractivity contribution in [2.75, 3.05) is 10.0 Å². The number of aromatic nitrogens is 1. The number of thiazole rings is 1. The molecule has 0 atom stereocenters. The van der Waals surface area contributed by atoms with Crippen molar-refractivity contribution >= 4 is 44.2 Å². The minimum Gasteiger partial charge on any atom is -0.323 e. The van der Waals surface area contributed by atoms with E-state index in [-0.39, 0.29) is 10.8 Å². The molecule has 1 amide bonds. The number of sulfonamides is 1. The van der Waals surface area contributed by atoms with E-state index in [1.165, 1.54) is 41.3 Å². The Morgan fingerprint density at radius 1 is 1.07 bits per heavy atom. The third-order valence-electron chi connectivity index (χ3n) is 4.12. The molecule has 1 aromatic heterocycles. The van der Waals surface area contributed by atoms with Gasteiger partial charge in [-0.05, 0) is 47.4 Å². The lowest BCUT2D eigenvalue weighted by Gasteiger charge is -2.07. The molecule has 29 heavy (non-hydrogen) atoms. The molecule has 3 rings (SSSR count). The Hall–Kier alpha value is -2.97. The number of benzene rings is 2. The highest BCUT2D eigenvalue weighted by Gasteiger charge is 2.15. The average Bonchev–Trinajstić information content (AvgIpc) is 3.19. The van der Waals surface area contributed by atoms with Crippen molar-refractivity contribution in [3.05, 3.63) is 77.3 Å². The number of anilines is 2. The number of nitrogens with one attached hydrogen (secondary N) is 2. The molecule has 8 heteroatoms. The zero-order valence-electron chi connectivity index (χ0n) is 16.0. The van der Waals surface area contributed by atoms with Crippen molar-refractivity contribution in [1.29, 1.82) is 0 Å². The number of amides is 1. The molecule has 2 aromatic carbocycles. The molecule has 0 fully saturated rings. The van der Waals surface area contributed by atoms with Crippen LogP contribution in [0.15, 0.2) is 71.1 Å². The SMILES string of the molecule is CC(C)c1ccc(/C=C\C(=O)Nc2ccc(S(=O)(=O)Nc3nccs3)cc2)cc1. The van der Waals surface area contributed by atoms with Gasteiger partial charge in [-0.1, -0.05) is 38.1 Å². The quantitative estimate of drug-likeness (QED) is 0.534. The Balaban J connectivity index is 1.61. The lowest BCUT2D eigenvalue weighted by molar-refractivity contribution is -0.111. The van der Waals surface area contributed by atoms with Crippen LogP contribution in [0.4, 0.5) is 10.8 Å². The molecule has 0 aliphatic carbocycles. The van der Waals surface area contributed by atoms with Crippen LogP contribution in [0.25, 0.3) is 6.08 Å². The summed E-state index contributed by atoms with van der Waals surface area (Å²) in [5, 5.41) is 4.70. The van der Waals surface area contributed by atoms with Crippen LogP contribution in [0.3, 0.4) is 0 Å². The van der Waals surface area contributed by atoms with Gasteiger partial charge in [0.25, 0.3) is 10.0 Å². The molecule has 150 valence electrons. The monoisotopic (exact) mass is 427 g/mol. The van der Waals surface area contributed by atoms with Crippen molar-refractivity contribution in [1.82, 2.24) is 4.98 Å². The Kier molecular flexibility index (Phi) is 6.46. The van der Waals surface area contributed by atoms with Gasteiger partial charge < -0.3 is 5.32 Å². The molecule has 0 saturated heterocycles. The van der Waals surface area contributed by atoms with Crippen LogP contribution in [-0.4, -0.2) is 19.3 Å². The van der Waals surface area contributed by atoms with E-state index in [2.05, 4.69) is 28.9 Å². The van der Waals surface area contributed by atoms with Crippen LogP contribution in [0.2, 0.25) is 0 Å². The Labute approximate surface area is 174 Å². The smallest absolute Gasteiger partial charge is 0.263 e. The van der Waals surface area contributed by atoms with Gasteiger partial charge in [-0.3, -0.25) is 9.52 Å². The van der Waals surface area contributed by atoms with Crippen LogP contribution in [0, 0.1) is 0 Å². The number of rotatable bonds is 7. The highest BCUT2D eigenvalue weighted by atomic mass is 32.2. The third kappa shape index (κ3) is 5.75. The highest BCUT2D eigenvalue weighted by Crippen LogP contribution is 2.20. The number of nitrogens with zero attached hydrogens (tertiary/aromatic N) is 1. The van der Waals surface area contributed by atoms with E-state index in [1.54, 1.807) is 23.6 Å². The first-order valence-electron chi connectivity index (χ1n) is 8.95. The zero-order chi connectivity index (χ0) is 20.9. The second kappa shape index (κ2) is 9.02. The molecule has 1 heterocycles. The number of hydrogen-bond donors (Lipinski definition) is 2. The Bertz CT molecular complexity index is 1090. The van der Waals surface area contributed by atoms with Gasteiger partial charge in [-0.15, -0.1) is 11.3 Å². The van der Waals surface area contributed by atoms with Gasteiger partial charge in [0.15, 0.2) is 5.13 Å². The summed E-state index contributed by atoms with van der Waals surface area (Å²) >= 11 is 1.20. The first kappa shape index (κ1) is 20.8. The molecule has 2 N–H and O–H groups in total. The highest BCUT2D eigenvalue weighted by molar-refractivity contribution is 7.93. The standard InChI is InChI=1S/C21H21N3O3S2/c1-15(2)17-6-3-16(4-7-17)5-12-20(25)23-18-8-10-19(11-9-18)29(26,27)24-21-22-13-14-28-21/h3-15H,1-2H3,(H,22,24)(H,23,25)/b12-5-. The molecule has 0 aliphatic rings. The zero-order valence-corrected chi connectivity index (χ0v) is 17.6. The first-order chi connectivity index (χ1) is 13.8. The number of carbonyl (C=O) groups is 1. The van der Waals surface area contributed by atoms with Crippen LogP contribution < -0.4 is 10.0 Å².